The molecule has 28 heavy (non-hydrogen) atoms. The maximum absolute atomic E-state index is 12.5. The number of rotatable bonds is 4. The van der Waals surface area contributed by atoms with Crippen LogP contribution in [0.3, 0.4) is 0 Å². The minimum Gasteiger partial charge on any atom is -0.455 e. The first kappa shape index (κ1) is 19.8. The number of nitrogens with one attached hydrogen (secondary N) is 3. The van der Waals surface area contributed by atoms with Crippen molar-refractivity contribution >= 4 is 17.5 Å². The normalized spacial score (nSPS) is 15.2. The minimum absolute atomic E-state index is 0.261. The number of furan rings is 1. The summed E-state index contributed by atoms with van der Waals surface area (Å²) in [6.07, 6.45) is 5.37. The largest absolute Gasteiger partial charge is 0.455 e. The van der Waals surface area contributed by atoms with Gasteiger partial charge in [-0.05, 0) is 52.7 Å². The van der Waals surface area contributed by atoms with Crippen LogP contribution < -0.4 is 16.3 Å². The van der Waals surface area contributed by atoms with Crippen molar-refractivity contribution in [3.05, 3.63) is 52.7 Å². The van der Waals surface area contributed by atoms with Gasteiger partial charge in [0.15, 0.2) is 5.76 Å². The summed E-state index contributed by atoms with van der Waals surface area (Å²) in [4.78, 5) is 28.6. The third-order valence-electron chi connectivity index (χ3n) is 4.32. The van der Waals surface area contributed by atoms with Gasteiger partial charge in [-0.25, -0.2) is 10.9 Å². The van der Waals surface area contributed by atoms with E-state index in [-0.39, 0.29) is 23.1 Å². The molecule has 3 rings (SSSR count). The highest BCUT2D eigenvalue weighted by atomic mass is 16.4. The van der Waals surface area contributed by atoms with E-state index in [1.54, 1.807) is 24.5 Å². The number of carbonyl (C=O) groups is 2. The quantitative estimate of drug-likeness (QED) is 0.703. The Morgan fingerprint density at radius 1 is 1.14 bits per heavy atom. The zero-order valence-electron chi connectivity index (χ0n) is 16.5. The molecular formula is C20H25N5O3. The molecule has 0 saturated carbocycles. The number of carbonyl (C=O) groups excluding carboxylic acids is 2. The average Bonchev–Trinajstić information content (AvgIpc) is 3.01. The number of nitrogens with zero attached hydrogens (tertiary/aromatic N) is 2. The zero-order valence-corrected chi connectivity index (χ0v) is 16.5. The minimum atomic E-state index is -0.331. The number of fused-ring (bicyclic) bond motifs is 1. The molecule has 1 aliphatic rings. The highest BCUT2D eigenvalue weighted by Crippen LogP contribution is 2.29. The van der Waals surface area contributed by atoms with E-state index >= 15 is 0 Å². The molecular weight excluding hydrogens is 358 g/mol. The fourth-order valence-electron chi connectivity index (χ4n) is 2.98. The summed E-state index contributed by atoms with van der Waals surface area (Å²) in [7, 11) is 0. The Kier molecular flexibility index (Phi) is 5.60. The molecule has 0 radical (unpaired) electrons. The first-order chi connectivity index (χ1) is 13.3. The van der Waals surface area contributed by atoms with Crippen LogP contribution >= 0.6 is 0 Å². The first-order valence-corrected chi connectivity index (χ1v) is 9.23. The van der Waals surface area contributed by atoms with E-state index in [9.17, 15) is 9.59 Å². The highest BCUT2D eigenvalue weighted by Gasteiger charge is 2.28. The Bertz CT molecular complexity index is 910. The van der Waals surface area contributed by atoms with Crippen LogP contribution in [0.5, 0.6) is 0 Å². The van der Waals surface area contributed by atoms with Crippen LogP contribution in [0.2, 0.25) is 0 Å². The number of aryl methyl sites for hydroxylation is 1. The van der Waals surface area contributed by atoms with E-state index in [0.29, 0.717) is 17.7 Å². The van der Waals surface area contributed by atoms with E-state index in [1.807, 2.05) is 27.7 Å². The van der Waals surface area contributed by atoms with Crippen molar-refractivity contribution < 1.29 is 14.0 Å². The Balaban J connectivity index is 1.81. The summed E-state index contributed by atoms with van der Waals surface area (Å²) in [5.41, 5.74) is 10.7. The van der Waals surface area contributed by atoms with Crippen LogP contribution in [0.15, 0.2) is 34.0 Å². The SMILES string of the molecule is Cc1c(C(=O)NNC(C)(C)C)oc2c1/C(=N/NC(=O)c1ccncc1)CCC2. The molecule has 8 heteroatoms. The second-order valence-electron chi connectivity index (χ2n) is 7.77. The van der Waals surface area contributed by atoms with E-state index in [1.165, 1.54) is 0 Å². The van der Waals surface area contributed by atoms with Gasteiger partial charge in [0.25, 0.3) is 5.91 Å². The molecule has 2 amide bonds. The van der Waals surface area contributed by atoms with Crippen molar-refractivity contribution in [1.82, 2.24) is 21.3 Å². The third-order valence-corrected chi connectivity index (χ3v) is 4.32. The maximum Gasteiger partial charge on any atom is 0.301 e. The molecule has 0 saturated heterocycles. The molecule has 2 aromatic rings. The molecule has 2 aromatic heterocycles. The maximum atomic E-state index is 12.5. The predicted molar refractivity (Wildman–Crippen MR) is 105 cm³/mol. The van der Waals surface area contributed by atoms with Crippen molar-refractivity contribution in [2.45, 2.75) is 52.5 Å². The van der Waals surface area contributed by atoms with Gasteiger partial charge in [-0.1, -0.05) is 0 Å². The number of hydrazine groups is 1. The molecule has 8 nitrogen and oxygen atoms in total. The van der Waals surface area contributed by atoms with E-state index < -0.39 is 0 Å². The van der Waals surface area contributed by atoms with Crippen molar-refractivity contribution in [2.24, 2.45) is 5.10 Å². The topological polar surface area (TPSA) is 109 Å². The lowest BCUT2D eigenvalue weighted by atomic mass is 9.93. The van der Waals surface area contributed by atoms with E-state index in [2.05, 4.69) is 26.4 Å². The summed E-state index contributed by atoms with van der Waals surface area (Å²) < 4.78 is 5.83. The molecule has 0 unspecified atom stereocenters. The molecule has 2 heterocycles. The molecule has 1 aliphatic carbocycles. The molecule has 3 N–H and O–H groups in total. The van der Waals surface area contributed by atoms with Gasteiger partial charge >= 0.3 is 5.91 Å². The van der Waals surface area contributed by atoms with Crippen molar-refractivity contribution in [3.63, 3.8) is 0 Å². The van der Waals surface area contributed by atoms with Crippen LogP contribution in [-0.2, 0) is 6.42 Å². The lowest BCUT2D eigenvalue weighted by Gasteiger charge is -2.20. The second kappa shape index (κ2) is 7.93. The zero-order chi connectivity index (χ0) is 20.3. The second-order valence-corrected chi connectivity index (χ2v) is 7.77. The lowest BCUT2D eigenvalue weighted by molar-refractivity contribution is 0.0882. The predicted octanol–water partition coefficient (Wildman–Crippen LogP) is 2.49. The van der Waals surface area contributed by atoms with Crippen LogP contribution in [0.25, 0.3) is 0 Å². The van der Waals surface area contributed by atoms with Gasteiger partial charge < -0.3 is 4.42 Å². The number of pyridine rings is 1. The van der Waals surface area contributed by atoms with Crippen LogP contribution in [-0.4, -0.2) is 28.0 Å². The number of amides is 2. The first-order valence-electron chi connectivity index (χ1n) is 9.23. The van der Waals surface area contributed by atoms with Crippen molar-refractivity contribution in [1.29, 1.82) is 0 Å². The van der Waals surface area contributed by atoms with Gasteiger partial charge in [0, 0.05) is 41.0 Å². The Hall–Kier alpha value is -3.00. The van der Waals surface area contributed by atoms with Crippen LogP contribution in [0.1, 0.15) is 71.4 Å². The summed E-state index contributed by atoms with van der Waals surface area (Å²) in [5, 5.41) is 4.31. The number of aromatic nitrogens is 1. The van der Waals surface area contributed by atoms with Crippen molar-refractivity contribution in [3.8, 4) is 0 Å². The molecule has 0 fully saturated rings. The Morgan fingerprint density at radius 3 is 2.54 bits per heavy atom. The van der Waals surface area contributed by atoms with Crippen LogP contribution in [0, 0.1) is 6.92 Å². The summed E-state index contributed by atoms with van der Waals surface area (Å²) in [5.74, 6) is 0.343. The highest BCUT2D eigenvalue weighted by molar-refractivity contribution is 6.07. The van der Waals surface area contributed by atoms with Gasteiger partial charge in [-0.3, -0.25) is 20.0 Å². The fourth-order valence-corrected chi connectivity index (χ4v) is 2.98. The number of hydrogen-bond acceptors (Lipinski definition) is 6. The van der Waals surface area contributed by atoms with E-state index in [0.717, 1.165) is 29.7 Å². The van der Waals surface area contributed by atoms with E-state index in [4.69, 9.17) is 4.42 Å². The Morgan fingerprint density at radius 2 is 1.86 bits per heavy atom. The summed E-state index contributed by atoms with van der Waals surface area (Å²) >= 11 is 0. The molecule has 0 aliphatic heterocycles. The van der Waals surface area contributed by atoms with Gasteiger partial charge in [0.05, 0.1) is 5.71 Å². The van der Waals surface area contributed by atoms with Gasteiger partial charge in [0.1, 0.15) is 5.76 Å². The lowest BCUT2D eigenvalue weighted by Crippen LogP contribution is -2.48. The third kappa shape index (κ3) is 4.45. The van der Waals surface area contributed by atoms with Crippen LogP contribution in [0.4, 0.5) is 0 Å². The summed E-state index contributed by atoms with van der Waals surface area (Å²) in [6.45, 7) is 7.68. The van der Waals surface area contributed by atoms with Crippen molar-refractivity contribution in [2.75, 3.05) is 0 Å². The standard InChI is InChI=1S/C20H25N5O3/c1-12-16-14(22-23-18(26)13-8-10-21-11-9-13)6-5-7-15(16)28-17(12)19(27)24-25-20(2,3)4/h8-11,25H,5-7H2,1-4H3,(H,23,26)(H,24,27)/b22-14+. The number of hydrogen-bond donors (Lipinski definition) is 3. The smallest absolute Gasteiger partial charge is 0.301 e. The molecule has 0 spiro atoms. The monoisotopic (exact) mass is 383 g/mol. The van der Waals surface area contributed by atoms with Gasteiger partial charge in [0.2, 0.25) is 0 Å². The Labute approximate surface area is 163 Å². The molecule has 0 aromatic carbocycles. The van der Waals surface area contributed by atoms with Gasteiger partial charge in [-0.15, -0.1) is 0 Å². The van der Waals surface area contributed by atoms with Gasteiger partial charge in [-0.2, -0.15) is 5.10 Å². The summed E-state index contributed by atoms with van der Waals surface area (Å²) in [6, 6.07) is 3.24. The molecule has 0 atom stereocenters. The fraction of sp³-hybridized carbons (Fsp3) is 0.400. The molecule has 148 valence electrons. The molecule has 0 bridgehead atoms. The average molecular weight is 383 g/mol. The number of hydrazone groups is 1.